The largest absolute Gasteiger partial charge is 0.336 e. The molecule has 0 aromatic carbocycles. The van der Waals surface area contributed by atoms with Gasteiger partial charge in [-0.3, -0.25) is 9.78 Å². The fourth-order valence-electron chi connectivity index (χ4n) is 2.81. The molecule has 0 spiro atoms. The number of nitrogens with two attached hydrogens (primary N) is 1. The second-order valence-corrected chi connectivity index (χ2v) is 5.83. The Morgan fingerprint density at radius 1 is 1.45 bits per heavy atom. The van der Waals surface area contributed by atoms with Crippen LogP contribution < -0.4 is 5.73 Å². The summed E-state index contributed by atoms with van der Waals surface area (Å²) >= 11 is 6.10. The number of aromatic nitrogens is 1. The second kappa shape index (κ2) is 7.04. The normalized spacial score (nSPS) is 22.6. The molecule has 2 rings (SSSR count). The highest BCUT2D eigenvalue weighted by Gasteiger charge is 2.28. The smallest absolute Gasteiger partial charge is 0.255 e. The van der Waals surface area contributed by atoms with Crippen LogP contribution in [0.1, 0.15) is 49.4 Å². The van der Waals surface area contributed by atoms with Crippen molar-refractivity contribution >= 4 is 17.5 Å². The molecule has 20 heavy (non-hydrogen) atoms. The maximum Gasteiger partial charge on any atom is 0.255 e. The Kier molecular flexibility index (Phi) is 5.38. The molecule has 0 aliphatic heterocycles. The van der Waals surface area contributed by atoms with Crippen molar-refractivity contribution in [3.63, 3.8) is 0 Å². The molecule has 0 unspecified atom stereocenters. The Morgan fingerprint density at radius 3 is 2.75 bits per heavy atom. The molecule has 4 nitrogen and oxygen atoms in total. The van der Waals surface area contributed by atoms with Crippen molar-refractivity contribution in [3.05, 3.63) is 29.0 Å². The summed E-state index contributed by atoms with van der Waals surface area (Å²) in [6.07, 6.45) is 8.02. The molecule has 5 heteroatoms. The van der Waals surface area contributed by atoms with Crippen LogP contribution in [-0.2, 0) is 0 Å². The first kappa shape index (κ1) is 15.3. The molecule has 1 aliphatic rings. The molecule has 0 radical (unpaired) electrons. The predicted molar refractivity (Wildman–Crippen MR) is 80.8 cm³/mol. The molecule has 110 valence electrons. The van der Waals surface area contributed by atoms with Crippen LogP contribution in [0.4, 0.5) is 0 Å². The van der Waals surface area contributed by atoms with Gasteiger partial charge in [-0.2, -0.15) is 0 Å². The van der Waals surface area contributed by atoms with Gasteiger partial charge in [-0.1, -0.05) is 18.5 Å². The van der Waals surface area contributed by atoms with Crippen LogP contribution in [0, 0.1) is 0 Å². The minimum atomic E-state index is 0.0136. The number of carbonyl (C=O) groups excluding carboxylic acids is 1. The van der Waals surface area contributed by atoms with E-state index >= 15 is 0 Å². The van der Waals surface area contributed by atoms with Crippen LogP contribution in [0.3, 0.4) is 0 Å². The van der Waals surface area contributed by atoms with Crippen LogP contribution in [0.5, 0.6) is 0 Å². The summed E-state index contributed by atoms with van der Waals surface area (Å²) < 4.78 is 0. The molecule has 1 aliphatic carbocycles. The van der Waals surface area contributed by atoms with Crippen LogP contribution in [0.25, 0.3) is 0 Å². The highest BCUT2D eigenvalue weighted by atomic mass is 35.5. The molecule has 1 fully saturated rings. The lowest BCUT2D eigenvalue weighted by Crippen LogP contribution is -2.44. The lowest BCUT2D eigenvalue weighted by molar-refractivity contribution is 0.0627. The van der Waals surface area contributed by atoms with Gasteiger partial charge in [-0.15, -0.1) is 0 Å². The molecule has 0 saturated heterocycles. The predicted octanol–water partition coefficient (Wildman–Crippen LogP) is 2.86. The maximum absolute atomic E-state index is 12.7. The number of carbonyl (C=O) groups is 1. The first-order valence-corrected chi connectivity index (χ1v) is 7.67. The van der Waals surface area contributed by atoms with E-state index < -0.39 is 0 Å². The highest BCUT2D eigenvalue weighted by molar-refractivity contribution is 6.33. The van der Waals surface area contributed by atoms with E-state index in [1.807, 2.05) is 4.90 Å². The van der Waals surface area contributed by atoms with Gasteiger partial charge in [0.1, 0.15) is 0 Å². The third-order valence-electron chi connectivity index (χ3n) is 3.91. The zero-order valence-electron chi connectivity index (χ0n) is 11.9. The number of amides is 1. The fraction of sp³-hybridized carbons (Fsp3) is 0.600. The Morgan fingerprint density at radius 2 is 2.15 bits per heavy atom. The molecule has 2 N–H and O–H groups in total. The molecule has 0 bridgehead atoms. The van der Waals surface area contributed by atoms with Crippen LogP contribution in [0.15, 0.2) is 18.5 Å². The quantitative estimate of drug-likeness (QED) is 0.929. The minimum absolute atomic E-state index is 0.0136. The summed E-state index contributed by atoms with van der Waals surface area (Å²) in [6.45, 7) is 2.85. The summed E-state index contributed by atoms with van der Waals surface area (Å²) in [5.41, 5.74) is 6.50. The van der Waals surface area contributed by atoms with Crippen LogP contribution >= 0.6 is 11.6 Å². The van der Waals surface area contributed by atoms with Gasteiger partial charge in [-0.25, -0.2) is 0 Å². The highest BCUT2D eigenvalue weighted by Crippen LogP contribution is 2.25. The van der Waals surface area contributed by atoms with Gasteiger partial charge in [0.05, 0.1) is 10.6 Å². The minimum Gasteiger partial charge on any atom is -0.336 e. The third-order valence-corrected chi connectivity index (χ3v) is 4.21. The molecule has 0 atom stereocenters. The van der Waals surface area contributed by atoms with E-state index in [9.17, 15) is 4.79 Å². The number of nitrogens with zero attached hydrogens (tertiary/aromatic N) is 2. The van der Waals surface area contributed by atoms with Crippen molar-refractivity contribution in [1.29, 1.82) is 0 Å². The Bertz CT molecular complexity index is 458. The average Bonchev–Trinajstić information content (AvgIpc) is 2.46. The van der Waals surface area contributed by atoms with Gasteiger partial charge in [0.25, 0.3) is 5.91 Å². The molecule has 1 aromatic heterocycles. The molecular weight excluding hydrogens is 274 g/mol. The van der Waals surface area contributed by atoms with Gasteiger partial charge in [0.2, 0.25) is 0 Å². The van der Waals surface area contributed by atoms with E-state index in [4.69, 9.17) is 17.3 Å². The van der Waals surface area contributed by atoms with Gasteiger partial charge in [0.15, 0.2) is 0 Å². The summed E-state index contributed by atoms with van der Waals surface area (Å²) in [5.74, 6) is 0.0136. The summed E-state index contributed by atoms with van der Waals surface area (Å²) in [6, 6.07) is 2.27. The Hall–Kier alpha value is -1.13. The first-order chi connectivity index (χ1) is 9.63. The first-order valence-electron chi connectivity index (χ1n) is 7.29. The second-order valence-electron chi connectivity index (χ2n) is 5.42. The van der Waals surface area contributed by atoms with Crippen LogP contribution in [0.2, 0.25) is 5.02 Å². The zero-order chi connectivity index (χ0) is 14.5. The SMILES string of the molecule is CCCN(C(=O)c1ccncc1Cl)C1CCC(N)CC1. The average molecular weight is 296 g/mol. The summed E-state index contributed by atoms with van der Waals surface area (Å²) in [5, 5.41) is 0.422. The number of rotatable bonds is 4. The van der Waals surface area contributed by atoms with Crippen LogP contribution in [-0.4, -0.2) is 34.4 Å². The number of pyridine rings is 1. The summed E-state index contributed by atoms with van der Waals surface area (Å²) in [7, 11) is 0. The zero-order valence-corrected chi connectivity index (χ0v) is 12.6. The lowest BCUT2D eigenvalue weighted by atomic mass is 9.90. The maximum atomic E-state index is 12.7. The standard InChI is InChI=1S/C15H22ClN3O/c1-2-9-19(12-5-3-11(17)4-6-12)15(20)13-7-8-18-10-14(13)16/h7-8,10-12H,2-6,9,17H2,1H3. The van der Waals surface area contributed by atoms with Gasteiger partial charge < -0.3 is 10.6 Å². The van der Waals surface area contributed by atoms with Crippen molar-refractivity contribution < 1.29 is 4.79 Å². The molecule has 1 heterocycles. The van der Waals surface area contributed by atoms with Gasteiger partial charge >= 0.3 is 0 Å². The lowest BCUT2D eigenvalue weighted by Gasteiger charge is -2.36. The van der Waals surface area contributed by atoms with E-state index in [1.165, 1.54) is 6.20 Å². The van der Waals surface area contributed by atoms with Crippen molar-refractivity contribution in [2.75, 3.05) is 6.54 Å². The van der Waals surface area contributed by atoms with E-state index in [0.29, 0.717) is 10.6 Å². The van der Waals surface area contributed by atoms with Crippen molar-refractivity contribution in [2.45, 2.75) is 51.1 Å². The van der Waals surface area contributed by atoms with E-state index in [-0.39, 0.29) is 18.0 Å². The number of halogens is 1. The van der Waals surface area contributed by atoms with E-state index in [1.54, 1.807) is 12.3 Å². The van der Waals surface area contributed by atoms with E-state index in [0.717, 1.165) is 38.6 Å². The molecular formula is C15H22ClN3O. The van der Waals surface area contributed by atoms with Crippen molar-refractivity contribution in [2.24, 2.45) is 5.73 Å². The van der Waals surface area contributed by atoms with Gasteiger partial charge in [0, 0.05) is 31.0 Å². The third kappa shape index (κ3) is 3.49. The number of hydrogen-bond donors (Lipinski definition) is 1. The molecule has 1 aromatic rings. The van der Waals surface area contributed by atoms with Gasteiger partial charge in [-0.05, 0) is 38.2 Å². The number of hydrogen-bond acceptors (Lipinski definition) is 3. The monoisotopic (exact) mass is 295 g/mol. The summed E-state index contributed by atoms with van der Waals surface area (Å²) in [4.78, 5) is 18.6. The Labute approximate surface area is 125 Å². The van der Waals surface area contributed by atoms with Crippen molar-refractivity contribution in [3.8, 4) is 0 Å². The topological polar surface area (TPSA) is 59.2 Å². The molecule has 1 saturated carbocycles. The Balaban J connectivity index is 2.16. The molecule has 1 amide bonds. The fourth-order valence-corrected chi connectivity index (χ4v) is 3.01. The van der Waals surface area contributed by atoms with Crippen molar-refractivity contribution in [1.82, 2.24) is 9.88 Å². The van der Waals surface area contributed by atoms with E-state index in [2.05, 4.69) is 11.9 Å².